The van der Waals surface area contributed by atoms with Gasteiger partial charge in [-0.25, -0.2) is 0 Å². The van der Waals surface area contributed by atoms with E-state index in [1.807, 2.05) is 18.3 Å². The fourth-order valence-electron chi connectivity index (χ4n) is 4.72. The average molecular weight is 432 g/mol. The smallest absolute Gasteiger partial charge is 0.138 e. The van der Waals surface area contributed by atoms with Crippen molar-refractivity contribution in [1.82, 2.24) is 4.98 Å². The average Bonchev–Trinajstić information content (AvgIpc) is 3.41. The number of aryl methyl sites for hydroxylation is 1. The highest BCUT2D eigenvalue weighted by Crippen LogP contribution is 2.38. The van der Waals surface area contributed by atoms with Crippen molar-refractivity contribution in [3.05, 3.63) is 90.3 Å². The third kappa shape index (κ3) is 3.23. The number of rotatable bonds is 2. The Morgan fingerprint density at radius 1 is 0.758 bits per heavy atom. The number of benzene rings is 3. The number of aromatic nitrogens is 1. The minimum atomic E-state index is 0.0155. The lowest BCUT2D eigenvalue weighted by Crippen LogP contribution is -2.12. The van der Waals surface area contributed by atoms with Crippen LogP contribution in [0.1, 0.15) is 31.9 Å². The van der Waals surface area contributed by atoms with Crippen molar-refractivity contribution in [3.8, 4) is 22.6 Å². The molecule has 0 fully saturated rings. The summed E-state index contributed by atoms with van der Waals surface area (Å²) >= 11 is 0. The summed E-state index contributed by atoms with van der Waals surface area (Å²) in [5, 5.41) is 4.65. The molecule has 3 heterocycles. The van der Waals surface area contributed by atoms with E-state index in [2.05, 4.69) is 82.3 Å². The number of hydrogen-bond acceptors (Lipinski definition) is 3. The summed E-state index contributed by atoms with van der Waals surface area (Å²) in [5.41, 5.74) is 7.21. The van der Waals surface area contributed by atoms with Gasteiger partial charge in [-0.3, -0.25) is 4.98 Å². The molecule has 0 spiro atoms. The fourth-order valence-corrected chi connectivity index (χ4v) is 4.72. The molecule has 0 saturated heterocycles. The molecule has 3 heteroatoms. The normalized spacial score (nSPS) is 12.2. The lowest BCUT2D eigenvalue weighted by atomic mass is 9.82. The lowest BCUT2D eigenvalue weighted by molar-refractivity contribution is 0.596. The van der Waals surface area contributed by atoms with Gasteiger partial charge in [-0.2, -0.15) is 0 Å². The fraction of sp³-hybridized carbons (Fsp3) is 0.167. The van der Waals surface area contributed by atoms with Crippen molar-refractivity contribution in [2.75, 3.05) is 0 Å². The topological polar surface area (TPSA) is 39.2 Å². The maximum absolute atomic E-state index is 6.28. The van der Waals surface area contributed by atoms with E-state index < -0.39 is 0 Å². The molecule has 0 unspecified atom stereocenters. The maximum atomic E-state index is 6.28. The molecule has 3 aromatic heterocycles. The second-order valence-electron chi connectivity index (χ2n) is 9.81. The van der Waals surface area contributed by atoms with E-state index in [1.165, 1.54) is 16.3 Å². The summed E-state index contributed by atoms with van der Waals surface area (Å²) in [6, 6.07) is 23.4. The highest BCUT2D eigenvalue weighted by Gasteiger charge is 2.20. The van der Waals surface area contributed by atoms with E-state index in [9.17, 15) is 0 Å². The van der Waals surface area contributed by atoms with Crippen LogP contribution in [0, 0.1) is 6.92 Å². The van der Waals surface area contributed by atoms with Crippen LogP contribution in [0.4, 0.5) is 0 Å². The largest absolute Gasteiger partial charge is 0.464 e. The van der Waals surface area contributed by atoms with Crippen LogP contribution < -0.4 is 0 Å². The molecule has 33 heavy (non-hydrogen) atoms. The zero-order valence-electron chi connectivity index (χ0n) is 19.3. The Balaban J connectivity index is 1.55. The van der Waals surface area contributed by atoms with Crippen molar-refractivity contribution in [1.29, 1.82) is 0 Å². The Bertz CT molecular complexity index is 1660. The van der Waals surface area contributed by atoms with Gasteiger partial charge in [0.25, 0.3) is 0 Å². The van der Waals surface area contributed by atoms with Crippen molar-refractivity contribution in [3.63, 3.8) is 0 Å². The molecular formula is C30H25NO2. The van der Waals surface area contributed by atoms with Crippen LogP contribution in [0.3, 0.4) is 0 Å². The van der Waals surface area contributed by atoms with Crippen molar-refractivity contribution in [2.24, 2.45) is 0 Å². The van der Waals surface area contributed by atoms with Gasteiger partial charge < -0.3 is 8.83 Å². The van der Waals surface area contributed by atoms with Crippen LogP contribution in [-0.4, -0.2) is 4.98 Å². The minimum absolute atomic E-state index is 0.0155. The number of nitrogens with zero attached hydrogens (tertiary/aromatic N) is 1. The van der Waals surface area contributed by atoms with Gasteiger partial charge in [0.1, 0.15) is 16.9 Å². The van der Waals surface area contributed by atoms with Crippen LogP contribution in [0.2, 0.25) is 0 Å². The first-order valence-corrected chi connectivity index (χ1v) is 11.3. The first-order valence-electron chi connectivity index (χ1n) is 11.3. The van der Waals surface area contributed by atoms with Crippen molar-refractivity contribution in [2.45, 2.75) is 33.1 Å². The van der Waals surface area contributed by atoms with E-state index in [1.54, 1.807) is 6.26 Å². The molecule has 0 bridgehead atoms. The molecule has 3 nitrogen and oxygen atoms in total. The molecule has 0 amide bonds. The van der Waals surface area contributed by atoms with E-state index in [-0.39, 0.29) is 5.41 Å². The summed E-state index contributed by atoms with van der Waals surface area (Å²) < 4.78 is 12.0. The molecule has 162 valence electrons. The summed E-state index contributed by atoms with van der Waals surface area (Å²) in [4.78, 5) is 4.79. The van der Waals surface area contributed by atoms with Gasteiger partial charge in [0, 0.05) is 28.1 Å². The molecule has 0 atom stereocenters. The van der Waals surface area contributed by atoms with Gasteiger partial charge in [0.2, 0.25) is 0 Å². The lowest BCUT2D eigenvalue weighted by Gasteiger charge is -2.22. The Labute approximate surface area is 192 Å². The molecule has 0 aliphatic carbocycles. The molecule has 0 aliphatic heterocycles. The van der Waals surface area contributed by atoms with E-state index in [0.717, 1.165) is 50.1 Å². The first-order chi connectivity index (χ1) is 15.9. The van der Waals surface area contributed by atoms with Crippen LogP contribution in [0.15, 0.2) is 88.0 Å². The highest BCUT2D eigenvalue weighted by molar-refractivity contribution is 5.98. The van der Waals surface area contributed by atoms with Crippen LogP contribution in [0.25, 0.3) is 55.3 Å². The van der Waals surface area contributed by atoms with Crippen LogP contribution in [0.5, 0.6) is 0 Å². The second kappa shape index (κ2) is 7.08. The van der Waals surface area contributed by atoms with Crippen LogP contribution >= 0.6 is 0 Å². The molecule has 3 aromatic carbocycles. The van der Waals surface area contributed by atoms with Crippen LogP contribution in [-0.2, 0) is 5.41 Å². The maximum Gasteiger partial charge on any atom is 0.138 e. The number of hydrogen-bond donors (Lipinski definition) is 0. The number of furan rings is 2. The zero-order valence-corrected chi connectivity index (χ0v) is 19.3. The van der Waals surface area contributed by atoms with Gasteiger partial charge in [0.05, 0.1) is 12.0 Å². The van der Waals surface area contributed by atoms with E-state index in [4.69, 9.17) is 13.8 Å². The molecule has 6 aromatic rings. The van der Waals surface area contributed by atoms with Gasteiger partial charge in [-0.1, -0.05) is 57.2 Å². The van der Waals surface area contributed by atoms with E-state index in [0.29, 0.717) is 0 Å². The predicted octanol–water partition coefficient (Wildman–Crippen LogP) is 8.67. The Hall–Kier alpha value is -3.85. The first kappa shape index (κ1) is 19.8. The van der Waals surface area contributed by atoms with Gasteiger partial charge in [-0.15, -0.1) is 0 Å². The third-order valence-electron chi connectivity index (χ3n) is 6.44. The Kier molecular flexibility index (Phi) is 4.25. The number of fused-ring (bicyclic) bond motifs is 3. The highest BCUT2D eigenvalue weighted by atomic mass is 16.3. The molecular weight excluding hydrogens is 406 g/mol. The predicted molar refractivity (Wildman–Crippen MR) is 136 cm³/mol. The zero-order chi connectivity index (χ0) is 22.7. The summed E-state index contributed by atoms with van der Waals surface area (Å²) in [6.45, 7) is 8.83. The SMILES string of the molecule is Cc1coc2cc(-c3cc4c(-c5cc(C(C)(C)C)c6ccccc6c5)nccc4o3)ccc12. The summed E-state index contributed by atoms with van der Waals surface area (Å²) in [5.74, 6) is 0.812. The Morgan fingerprint density at radius 3 is 2.45 bits per heavy atom. The Morgan fingerprint density at radius 2 is 1.61 bits per heavy atom. The quantitative estimate of drug-likeness (QED) is 0.275. The van der Waals surface area contributed by atoms with Crippen molar-refractivity contribution >= 4 is 32.7 Å². The standard InChI is InChI=1S/C30H25NO2/c1-18-17-32-28-15-20(9-10-22(18)28)27-16-24-26(33-27)11-12-31-29(24)21-13-19-7-5-6-8-23(19)25(14-21)30(2,3)4/h5-17H,1-4H3. The number of pyridine rings is 1. The van der Waals surface area contributed by atoms with Crippen molar-refractivity contribution < 1.29 is 8.83 Å². The second-order valence-corrected chi connectivity index (χ2v) is 9.81. The van der Waals surface area contributed by atoms with Gasteiger partial charge >= 0.3 is 0 Å². The molecule has 0 aliphatic rings. The summed E-state index contributed by atoms with van der Waals surface area (Å²) in [7, 11) is 0. The third-order valence-corrected chi connectivity index (χ3v) is 6.44. The van der Waals surface area contributed by atoms with E-state index >= 15 is 0 Å². The molecule has 6 rings (SSSR count). The molecule has 0 N–H and O–H groups in total. The summed E-state index contributed by atoms with van der Waals surface area (Å²) in [6.07, 6.45) is 3.62. The molecule has 0 saturated carbocycles. The van der Waals surface area contributed by atoms with Gasteiger partial charge in [-0.05, 0) is 64.6 Å². The molecule has 0 radical (unpaired) electrons. The monoisotopic (exact) mass is 431 g/mol. The van der Waals surface area contributed by atoms with Gasteiger partial charge in [0.15, 0.2) is 0 Å². The minimum Gasteiger partial charge on any atom is -0.464 e.